The predicted octanol–water partition coefficient (Wildman–Crippen LogP) is 2.43. The van der Waals surface area contributed by atoms with E-state index in [4.69, 9.17) is 9.47 Å². The summed E-state index contributed by atoms with van der Waals surface area (Å²) in [6.07, 6.45) is 1.71. The lowest BCUT2D eigenvalue weighted by Crippen LogP contribution is -2.39. The van der Waals surface area contributed by atoms with Gasteiger partial charge in [0.05, 0.1) is 12.5 Å². The molecule has 1 heterocycles. The van der Waals surface area contributed by atoms with Gasteiger partial charge in [0.25, 0.3) is 0 Å². The van der Waals surface area contributed by atoms with Gasteiger partial charge < -0.3 is 14.6 Å². The van der Waals surface area contributed by atoms with E-state index < -0.39 is 11.4 Å². The minimum Gasteiger partial charge on any atom is -0.496 e. The fourth-order valence-corrected chi connectivity index (χ4v) is 2.67. The third-order valence-electron chi connectivity index (χ3n) is 3.91. The molecule has 1 aromatic carbocycles. The summed E-state index contributed by atoms with van der Waals surface area (Å²) in [5.41, 5.74) is 1.40. The largest absolute Gasteiger partial charge is 0.496 e. The second kappa shape index (κ2) is 5.61. The summed E-state index contributed by atoms with van der Waals surface area (Å²) in [5, 5.41) is 9.54. The van der Waals surface area contributed by atoms with Crippen LogP contribution in [0.5, 0.6) is 5.75 Å². The van der Waals surface area contributed by atoms with Gasteiger partial charge >= 0.3 is 5.97 Å². The van der Waals surface area contributed by atoms with Crippen molar-refractivity contribution >= 4 is 5.97 Å². The second-order valence-electron chi connectivity index (χ2n) is 5.18. The summed E-state index contributed by atoms with van der Waals surface area (Å²) < 4.78 is 10.5. The van der Waals surface area contributed by atoms with Gasteiger partial charge in [-0.2, -0.15) is 0 Å². The Hall–Kier alpha value is -1.55. The molecule has 0 aromatic heterocycles. The number of ether oxygens (including phenoxy) is 2. The Labute approximate surface area is 113 Å². The van der Waals surface area contributed by atoms with Crippen molar-refractivity contribution in [3.63, 3.8) is 0 Å². The molecule has 0 spiro atoms. The minimum absolute atomic E-state index is 0.529. The molecule has 1 fully saturated rings. The molecule has 1 N–H and O–H groups in total. The van der Waals surface area contributed by atoms with E-state index in [0.717, 1.165) is 16.9 Å². The Bertz CT molecular complexity index is 461. The molecule has 104 valence electrons. The van der Waals surface area contributed by atoms with E-state index in [-0.39, 0.29) is 0 Å². The van der Waals surface area contributed by atoms with Crippen molar-refractivity contribution in [1.82, 2.24) is 0 Å². The van der Waals surface area contributed by atoms with Crippen LogP contribution in [0.2, 0.25) is 0 Å². The lowest BCUT2D eigenvalue weighted by Gasteiger charge is -2.33. The van der Waals surface area contributed by atoms with Crippen molar-refractivity contribution in [3.8, 4) is 5.75 Å². The monoisotopic (exact) mass is 264 g/mol. The van der Waals surface area contributed by atoms with Gasteiger partial charge in [-0.1, -0.05) is 12.1 Å². The van der Waals surface area contributed by atoms with E-state index in [2.05, 4.69) is 0 Å². The van der Waals surface area contributed by atoms with Crippen LogP contribution in [-0.2, 0) is 16.0 Å². The molecule has 0 bridgehead atoms. The fourth-order valence-electron chi connectivity index (χ4n) is 2.67. The van der Waals surface area contributed by atoms with Crippen molar-refractivity contribution in [2.75, 3.05) is 20.3 Å². The van der Waals surface area contributed by atoms with Gasteiger partial charge in [-0.15, -0.1) is 0 Å². The van der Waals surface area contributed by atoms with E-state index in [0.29, 0.717) is 32.5 Å². The quantitative estimate of drug-likeness (QED) is 0.907. The van der Waals surface area contributed by atoms with E-state index >= 15 is 0 Å². The molecule has 0 aliphatic carbocycles. The summed E-state index contributed by atoms with van der Waals surface area (Å²) in [7, 11) is 1.64. The molecule has 19 heavy (non-hydrogen) atoms. The average Bonchev–Trinajstić information content (AvgIpc) is 2.40. The van der Waals surface area contributed by atoms with Gasteiger partial charge in [0.15, 0.2) is 0 Å². The highest BCUT2D eigenvalue weighted by Crippen LogP contribution is 2.35. The average molecular weight is 264 g/mol. The van der Waals surface area contributed by atoms with Crippen LogP contribution in [0.4, 0.5) is 0 Å². The molecular formula is C15H20O4. The molecule has 2 rings (SSSR count). The van der Waals surface area contributed by atoms with Gasteiger partial charge in [0.2, 0.25) is 0 Å². The van der Waals surface area contributed by atoms with Crippen LogP contribution in [0.1, 0.15) is 24.0 Å². The number of carboxylic acid groups (broad SMARTS) is 1. The molecule has 4 heteroatoms. The zero-order chi connectivity index (χ0) is 13.9. The number of methoxy groups -OCH3 is 1. The number of aryl methyl sites for hydroxylation is 1. The molecule has 0 unspecified atom stereocenters. The van der Waals surface area contributed by atoms with Gasteiger partial charge in [0.1, 0.15) is 5.75 Å². The maximum atomic E-state index is 11.6. The lowest BCUT2D eigenvalue weighted by atomic mass is 9.75. The Balaban J connectivity index is 2.22. The molecule has 1 saturated heterocycles. The molecular weight excluding hydrogens is 244 g/mol. The standard InChI is InChI=1S/C15H20O4/c1-11-9-12(3-4-13(11)18-2)10-15(14(16)17)5-7-19-8-6-15/h3-4,9H,5-8,10H2,1-2H3,(H,16,17). The number of benzene rings is 1. The van der Waals surface area contributed by atoms with Crippen molar-refractivity contribution in [2.24, 2.45) is 5.41 Å². The molecule has 0 saturated carbocycles. The Morgan fingerprint density at radius 3 is 2.63 bits per heavy atom. The number of carbonyl (C=O) groups is 1. The maximum absolute atomic E-state index is 11.6. The highest BCUT2D eigenvalue weighted by Gasteiger charge is 2.40. The Morgan fingerprint density at radius 1 is 1.42 bits per heavy atom. The smallest absolute Gasteiger partial charge is 0.310 e. The number of carboxylic acids is 1. The predicted molar refractivity (Wildman–Crippen MR) is 71.6 cm³/mol. The summed E-state index contributed by atoms with van der Waals surface area (Å²) in [5.74, 6) is 0.115. The van der Waals surface area contributed by atoms with Crippen LogP contribution < -0.4 is 4.74 Å². The summed E-state index contributed by atoms with van der Waals surface area (Å²) in [6, 6.07) is 5.87. The molecule has 0 radical (unpaired) electrons. The zero-order valence-electron chi connectivity index (χ0n) is 11.4. The molecule has 0 atom stereocenters. The van der Waals surface area contributed by atoms with Crippen LogP contribution in [0.15, 0.2) is 18.2 Å². The summed E-state index contributed by atoms with van der Waals surface area (Å²) >= 11 is 0. The van der Waals surface area contributed by atoms with E-state index in [9.17, 15) is 9.90 Å². The Kier molecular flexibility index (Phi) is 4.10. The highest BCUT2D eigenvalue weighted by molar-refractivity contribution is 5.75. The molecule has 4 nitrogen and oxygen atoms in total. The van der Waals surface area contributed by atoms with E-state index in [1.165, 1.54) is 0 Å². The highest BCUT2D eigenvalue weighted by atomic mass is 16.5. The fraction of sp³-hybridized carbons (Fsp3) is 0.533. The molecule has 1 aliphatic rings. The first-order valence-corrected chi connectivity index (χ1v) is 6.52. The first-order valence-electron chi connectivity index (χ1n) is 6.52. The number of hydrogen-bond acceptors (Lipinski definition) is 3. The van der Waals surface area contributed by atoms with Crippen molar-refractivity contribution in [2.45, 2.75) is 26.2 Å². The normalized spacial score (nSPS) is 18.0. The van der Waals surface area contributed by atoms with Gasteiger partial charge in [-0.05, 0) is 43.4 Å². The zero-order valence-corrected chi connectivity index (χ0v) is 11.4. The van der Waals surface area contributed by atoms with Gasteiger partial charge in [-0.25, -0.2) is 0 Å². The Morgan fingerprint density at radius 2 is 2.11 bits per heavy atom. The van der Waals surface area contributed by atoms with Crippen LogP contribution in [0, 0.1) is 12.3 Å². The van der Waals surface area contributed by atoms with Crippen LogP contribution in [0.25, 0.3) is 0 Å². The van der Waals surface area contributed by atoms with Crippen molar-refractivity contribution in [3.05, 3.63) is 29.3 Å². The SMILES string of the molecule is COc1ccc(CC2(C(=O)O)CCOCC2)cc1C. The third-order valence-corrected chi connectivity index (χ3v) is 3.91. The van der Waals surface area contributed by atoms with Crippen LogP contribution in [0.3, 0.4) is 0 Å². The first kappa shape index (κ1) is 13.9. The maximum Gasteiger partial charge on any atom is 0.310 e. The van der Waals surface area contributed by atoms with Crippen LogP contribution >= 0.6 is 0 Å². The summed E-state index contributed by atoms with van der Waals surface area (Å²) in [4.78, 5) is 11.6. The van der Waals surface area contributed by atoms with Crippen molar-refractivity contribution < 1.29 is 19.4 Å². The topological polar surface area (TPSA) is 55.8 Å². The van der Waals surface area contributed by atoms with Crippen molar-refractivity contribution in [1.29, 1.82) is 0 Å². The lowest BCUT2D eigenvalue weighted by molar-refractivity contribution is -0.154. The summed E-state index contributed by atoms with van der Waals surface area (Å²) in [6.45, 7) is 3.03. The van der Waals surface area contributed by atoms with Crippen LogP contribution in [-0.4, -0.2) is 31.4 Å². The molecule has 1 aliphatic heterocycles. The van der Waals surface area contributed by atoms with Gasteiger partial charge in [-0.3, -0.25) is 4.79 Å². The van der Waals surface area contributed by atoms with E-state index in [1.807, 2.05) is 25.1 Å². The second-order valence-corrected chi connectivity index (χ2v) is 5.18. The number of aliphatic carboxylic acids is 1. The first-order chi connectivity index (χ1) is 9.07. The van der Waals surface area contributed by atoms with Gasteiger partial charge in [0, 0.05) is 13.2 Å². The van der Waals surface area contributed by atoms with E-state index in [1.54, 1.807) is 7.11 Å². The molecule has 1 aromatic rings. The number of hydrogen-bond donors (Lipinski definition) is 1. The minimum atomic E-state index is -0.718. The molecule has 0 amide bonds. The number of rotatable bonds is 4. The third kappa shape index (κ3) is 2.89.